The lowest BCUT2D eigenvalue weighted by Gasteiger charge is -2.25. The normalized spacial score (nSPS) is 15.1. The molecule has 2 aromatic heterocycles. The first-order valence-electron chi connectivity index (χ1n) is 8.57. The lowest BCUT2D eigenvalue weighted by atomic mass is 10.2. The minimum Gasteiger partial charge on any atom is -0.467 e. The SMILES string of the molecule is O=C(Nc1cccc(-n2cccn2)c1)c1coc(CN2CCOCC2)c1. The van der Waals surface area contributed by atoms with E-state index in [0.29, 0.717) is 17.8 Å². The largest absolute Gasteiger partial charge is 0.467 e. The van der Waals surface area contributed by atoms with Gasteiger partial charge in [-0.05, 0) is 30.3 Å². The molecule has 1 fully saturated rings. The lowest BCUT2D eigenvalue weighted by molar-refractivity contribution is 0.0313. The summed E-state index contributed by atoms with van der Waals surface area (Å²) in [5.74, 6) is 0.585. The fourth-order valence-corrected chi connectivity index (χ4v) is 2.91. The second kappa shape index (κ2) is 7.55. The fourth-order valence-electron chi connectivity index (χ4n) is 2.91. The summed E-state index contributed by atoms with van der Waals surface area (Å²) < 4.78 is 12.6. The van der Waals surface area contributed by atoms with Crippen LogP contribution in [0.3, 0.4) is 0 Å². The number of aromatic nitrogens is 2. The third kappa shape index (κ3) is 3.84. The number of rotatable bonds is 5. The third-order valence-corrected chi connectivity index (χ3v) is 4.27. The van der Waals surface area contributed by atoms with Crippen molar-refractivity contribution in [3.8, 4) is 5.69 Å². The molecule has 1 aromatic carbocycles. The molecule has 3 aromatic rings. The highest BCUT2D eigenvalue weighted by molar-refractivity contribution is 6.04. The molecular weight excluding hydrogens is 332 g/mol. The molecule has 0 aliphatic carbocycles. The minimum absolute atomic E-state index is 0.195. The van der Waals surface area contributed by atoms with Gasteiger partial charge in [0.1, 0.15) is 12.0 Å². The number of carbonyl (C=O) groups is 1. The van der Waals surface area contributed by atoms with Crippen LogP contribution < -0.4 is 5.32 Å². The summed E-state index contributed by atoms with van der Waals surface area (Å²) in [4.78, 5) is 14.7. The maximum Gasteiger partial charge on any atom is 0.258 e. The average Bonchev–Trinajstić information content (AvgIpc) is 3.35. The summed E-state index contributed by atoms with van der Waals surface area (Å²) in [5, 5.41) is 7.10. The number of carbonyl (C=O) groups excluding carboxylic acids is 1. The van der Waals surface area contributed by atoms with Crippen LogP contribution in [0.4, 0.5) is 5.69 Å². The van der Waals surface area contributed by atoms with Gasteiger partial charge in [-0.2, -0.15) is 5.10 Å². The van der Waals surface area contributed by atoms with E-state index in [4.69, 9.17) is 9.15 Å². The van der Waals surface area contributed by atoms with Gasteiger partial charge in [0.05, 0.1) is 31.0 Å². The summed E-state index contributed by atoms with van der Waals surface area (Å²) in [6.45, 7) is 3.91. The number of anilines is 1. The number of furan rings is 1. The first kappa shape index (κ1) is 16.6. The summed E-state index contributed by atoms with van der Waals surface area (Å²) in [5.41, 5.74) is 2.10. The van der Waals surface area contributed by atoms with E-state index in [9.17, 15) is 4.79 Å². The highest BCUT2D eigenvalue weighted by Gasteiger charge is 2.15. The van der Waals surface area contributed by atoms with Crippen molar-refractivity contribution in [1.82, 2.24) is 14.7 Å². The van der Waals surface area contributed by atoms with Gasteiger partial charge < -0.3 is 14.5 Å². The van der Waals surface area contributed by atoms with Gasteiger partial charge in [0.2, 0.25) is 0 Å². The van der Waals surface area contributed by atoms with Crippen LogP contribution in [0.25, 0.3) is 5.69 Å². The summed E-state index contributed by atoms with van der Waals surface area (Å²) in [6.07, 6.45) is 5.07. The van der Waals surface area contributed by atoms with Crippen molar-refractivity contribution in [2.45, 2.75) is 6.54 Å². The molecule has 26 heavy (non-hydrogen) atoms. The second-order valence-corrected chi connectivity index (χ2v) is 6.15. The predicted molar refractivity (Wildman–Crippen MR) is 96.3 cm³/mol. The third-order valence-electron chi connectivity index (χ3n) is 4.27. The number of hydrogen-bond donors (Lipinski definition) is 1. The van der Waals surface area contributed by atoms with E-state index >= 15 is 0 Å². The van der Waals surface area contributed by atoms with Crippen LogP contribution in [-0.4, -0.2) is 46.9 Å². The highest BCUT2D eigenvalue weighted by Crippen LogP contribution is 2.17. The zero-order valence-corrected chi connectivity index (χ0v) is 14.3. The molecule has 0 spiro atoms. The van der Waals surface area contributed by atoms with Gasteiger partial charge in [-0.25, -0.2) is 4.68 Å². The summed E-state index contributed by atoms with van der Waals surface area (Å²) in [7, 11) is 0. The van der Waals surface area contributed by atoms with E-state index in [1.54, 1.807) is 16.9 Å². The van der Waals surface area contributed by atoms with E-state index in [-0.39, 0.29) is 5.91 Å². The Bertz CT molecular complexity index is 867. The number of benzene rings is 1. The van der Waals surface area contributed by atoms with Gasteiger partial charge in [-0.3, -0.25) is 9.69 Å². The Hall–Kier alpha value is -2.90. The second-order valence-electron chi connectivity index (χ2n) is 6.15. The summed E-state index contributed by atoms with van der Waals surface area (Å²) in [6, 6.07) is 11.2. The van der Waals surface area contributed by atoms with Crippen molar-refractivity contribution in [3.63, 3.8) is 0 Å². The van der Waals surface area contributed by atoms with Gasteiger partial charge in [-0.15, -0.1) is 0 Å². The number of ether oxygens (including phenoxy) is 1. The van der Waals surface area contributed by atoms with Crippen LogP contribution in [-0.2, 0) is 11.3 Å². The van der Waals surface area contributed by atoms with Gasteiger partial charge in [0.15, 0.2) is 0 Å². The van der Waals surface area contributed by atoms with Crippen LogP contribution >= 0.6 is 0 Å². The number of nitrogens with zero attached hydrogens (tertiary/aromatic N) is 3. The summed E-state index contributed by atoms with van der Waals surface area (Å²) >= 11 is 0. The predicted octanol–water partition coefficient (Wildman–Crippen LogP) is 2.55. The zero-order chi connectivity index (χ0) is 17.8. The molecular formula is C19H20N4O3. The smallest absolute Gasteiger partial charge is 0.258 e. The quantitative estimate of drug-likeness (QED) is 0.764. The Labute approximate surface area is 151 Å². The molecule has 3 heterocycles. The number of morpholine rings is 1. The van der Waals surface area contributed by atoms with Crippen LogP contribution in [0.5, 0.6) is 0 Å². The van der Waals surface area contributed by atoms with E-state index in [0.717, 1.165) is 37.8 Å². The minimum atomic E-state index is -0.195. The molecule has 7 nitrogen and oxygen atoms in total. The highest BCUT2D eigenvalue weighted by atomic mass is 16.5. The fraction of sp³-hybridized carbons (Fsp3) is 0.263. The standard InChI is InChI=1S/C19H20N4O3/c24-19(15-11-18(26-14-15)13-22-7-9-25-10-8-22)21-16-3-1-4-17(12-16)23-6-2-5-20-23/h1-6,11-12,14H,7-10,13H2,(H,21,24). The van der Waals surface area contributed by atoms with Crippen molar-refractivity contribution in [2.24, 2.45) is 0 Å². The van der Waals surface area contributed by atoms with Gasteiger partial charge in [-0.1, -0.05) is 6.07 Å². The molecule has 4 rings (SSSR count). The molecule has 0 bridgehead atoms. The van der Waals surface area contributed by atoms with E-state index in [1.807, 2.05) is 36.5 Å². The van der Waals surface area contributed by atoms with Gasteiger partial charge in [0, 0.05) is 31.2 Å². The maximum atomic E-state index is 12.5. The Morgan fingerprint density at radius 3 is 2.88 bits per heavy atom. The molecule has 1 N–H and O–H groups in total. The molecule has 0 atom stereocenters. The van der Waals surface area contributed by atoms with E-state index < -0.39 is 0 Å². The first-order chi connectivity index (χ1) is 12.8. The van der Waals surface area contributed by atoms with Crippen molar-refractivity contribution in [3.05, 3.63) is 66.4 Å². The maximum absolute atomic E-state index is 12.5. The van der Waals surface area contributed by atoms with Crippen molar-refractivity contribution in [2.75, 3.05) is 31.6 Å². The first-order valence-corrected chi connectivity index (χ1v) is 8.57. The molecule has 0 saturated carbocycles. The number of amides is 1. The van der Waals surface area contributed by atoms with Crippen LogP contribution in [0.1, 0.15) is 16.1 Å². The molecule has 1 aliphatic rings. The zero-order valence-electron chi connectivity index (χ0n) is 14.3. The van der Waals surface area contributed by atoms with Crippen molar-refractivity contribution >= 4 is 11.6 Å². The molecule has 1 amide bonds. The molecule has 7 heteroatoms. The van der Waals surface area contributed by atoms with Gasteiger partial charge in [0.25, 0.3) is 5.91 Å². The van der Waals surface area contributed by atoms with Gasteiger partial charge >= 0.3 is 0 Å². The topological polar surface area (TPSA) is 72.5 Å². The monoisotopic (exact) mass is 352 g/mol. The van der Waals surface area contributed by atoms with Crippen LogP contribution in [0.2, 0.25) is 0 Å². The molecule has 0 unspecified atom stereocenters. The molecule has 134 valence electrons. The van der Waals surface area contributed by atoms with E-state index in [1.165, 1.54) is 6.26 Å². The van der Waals surface area contributed by atoms with Crippen molar-refractivity contribution in [1.29, 1.82) is 0 Å². The van der Waals surface area contributed by atoms with Crippen LogP contribution in [0, 0.1) is 0 Å². The Morgan fingerprint density at radius 2 is 2.08 bits per heavy atom. The lowest BCUT2D eigenvalue weighted by Crippen LogP contribution is -2.35. The molecule has 0 radical (unpaired) electrons. The Morgan fingerprint density at radius 1 is 1.19 bits per heavy atom. The van der Waals surface area contributed by atoms with Crippen LogP contribution in [0.15, 0.2) is 59.5 Å². The Kier molecular flexibility index (Phi) is 4.81. The van der Waals surface area contributed by atoms with E-state index in [2.05, 4.69) is 15.3 Å². The molecule has 1 aliphatic heterocycles. The number of nitrogens with one attached hydrogen (secondary N) is 1. The molecule has 1 saturated heterocycles. The Balaban J connectivity index is 1.41. The number of hydrogen-bond acceptors (Lipinski definition) is 5. The van der Waals surface area contributed by atoms with Crippen molar-refractivity contribution < 1.29 is 13.9 Å². The average molecular weight is 352 g/mol.